The van der Waals surface area contributed by atoms with Crippen molar-refractivity contribution in [2.24, 2.45) is 0 Å². The van der Waals surface area contributed by atoms with Gasteiger partial charge < -0.3 is 19.4 Å². The van der Waals surface area contributed by atoms with Gasteiger partial charge in [-0.3, -0.25) is 4.79 Å². The highest BCUT2D eigenvalue weighted by atomic mass is 16.5. The molecular formula is C26H33N3O4. The third-order valence-electron chi connectivity index (χ3n) is 5.79. The monoisotopic (exact) mass is 451 g/mol. The van der Waals surface area contributed by atoms with Crippen LogP contribution in [0, 0.1) is 25.2 Å². The number of hydrogen-bond acceptors (Lipinski definition) is 5. The Morgan fingerprint density at radius 1 is 1.24 bits per heavy atom. The Bertz CT molecular complexity index is 1060. The first kappa shape index (κ1) is 25.9. The number of nitrogens with one attached hydrogen (secondary N) is 1. The van der Waals surface area contributed by atoms with Crippen molar-refractivity contribution in [2.75, 3.05) is 19.0 Å². The fraction of sp³-hybridized carbons (Fsp3) is 0.423. The molecule has 2 rings (SSSR count). The lowest BCUT2D eigenvalue weighted by atomic mass is 9.97. The average Bonchev–Trinajstić information content (AvgIpc) is 3.07. The van der Waals surface area contributed by atoms with Crippen LogP contribution in [0.4, 0.5) is 5.69 Å². The standard InChI is InChI=1S/C26H33N3O4/c1-7-17(2)23-10-8-9-11-24(23)28-25(30)20(5)33-26(31)22(16-27)15-21-14-18(3)29(19(21)4)12-13-32-6/h8-11,14-15,17,20H,7,12-13H2,1-6H3,(H,28,30)/b22-15+. The lowest BCUT2D eigenvalue weighted by Gasteiger charge is -2.18. The number of ether oxygens (including phenoxy) is 2. The SMILES string of the molecule is CCC(C)c1ccccc1NC(=O)C(C)OC(=O)/C(C#N)=C/c1cc(C)n(CCOC)c1C. The molecule has 7 nitrogen and oxygen atoms in total. The first-order valence-electron chi connectivity index (χ1n) is 11.1. The topological polar surface area (TPSA) is 93.4 Å². The van der Waals surface area contributed by atoms with Crippen molar-refractivity contribution in [1.29, 1.82) is 5.26 Å². The van der Waals surface area contributed by atoms with Gasteiger partial charge in [0.1, 0.15) is 11.6 Å². The van der Waals surface area contributed by atoms with E-state index in [9.17, 15) is 14.9 Å². The maximum atomic E-state index is 12.7. The number of carbonyl (C=O) groups is 2. The zero-order valence-electron chi connectivity index (χ0n) is 20.3. The number of aromatic nitrogens is 1. The predicted octanol–water partition coefficient (Wildman–Crippen LogP) is 4.74. The van der Waals surface area contributed by atoms with Crippen molar-refractivity contribution in [3.05, 3.63) is 58.4 Å². The van der Waals surface area contributed by atoms with Crippen LogP contribution in [0.2, 0.25) is 0 Å². The second kappa shape index (κ2) is 12.0. The lowest BCUT2D eigenvalue weighted by molar-refractivity contribution is -0.148. The minimum absolute atomic E-state index is 0.165. The number of nitrogens with zero attached hydrogens (tertiary/aromatic N) is 2. The van der Waals surface area contributed by atoms with E-state index in [-0.39, 0.29) is 11.5 Å². The minimum Gasteiger partial charge on any atom is -0.448 e. The smallest absolute Gasteiger partial charge is 0.349 e. The van der Waals surface area contributed by atoms with Gasteiger partial charge in [-0.05, 0) is 62.4 Å². The van der Waals surface area contributed by atoms with Crippen molar-refractivity contribution >= 4 is 23.6 Å². The van der Waals surface area contributed by atoms with Gasteiger partial charge in [0.15, 0.2) is 6.10 Å². The van der Waals surface area contributed by atoms with E-state index in [2.05, 4.69) is 23.7 Å². The van der Waals surface area contributed by atoms with Crippen LogP contribution in [0.1, 0.15) is 55.6 Å². The van der Waals surface area contributed by atoms with Crippen LogP contribution in [-0.2, 0) is 25.6 Å². The number of nitriles is 1. The molecule has 0 radical (unpaired) electrons. The molecule has 1 heterocycles. The Morgan fingerprint density at radius 3 is 2.58 bits per heavy atom. The summed E-state index contributed by atoms with van der Waals surface area (Å²) in [5, 5.41) is 12.4. The molecule has 1 N–H and O–H groups in total. The molecule has 2 atom stereocenters. The molecule has 7 heteroatoms. The molecule has 176 valence electrons. The molecule has 0 aliphatic heterocycles. The van der Waals surface area contributed by atoms with Crippen LogP contribution >= 0.6 is 0 Å². The summed E-state index contributed by atoms with van der Waals surface area (Å²) in [6.45, 7) is 10.8. The molecule has 1 aromatic heterocycles. The Labute approximate surface area is 196 Å². The number of methoxy groups -OCH3 is 1. The number of carbonyl (C=O) groups excluding carboxylic acids is 2. The summed E-state index contributed by atoms with van der Waals surface area (Å²) in [5.74, 6) is -1.01. The molecular weight excluding hydrogens is 418 g/mol. The third kappa shape index (κ3) is 6.56. The Balaban J connectivity index is 2.13. The maximum Gasteiger partial charge on any atom is 0.349 e. The Kier molecular flexibility index (Phi) is 9.43. The quantitative estimate of drug-likeness (QED) is 0.320. The van der Waals surface area contributed by atoms with Gasteiger partial charge in [-0.2, -0.15) is 5.26 Å². The van der Waals surface area contributed by atoms with Gasteiger partial charge >= 0.3 is 5.97 Å². The van der Waals surface area contributed by atoms with E-state index in [4.69, 9.17) is 9.47 Å². The first-order chi connectivity index (χ1) is 15.7. The highest BCUT2D eigenvalue weighted by Gasteiger charge is 2.22. The van der Waals surface area contributed by atoms with Gasteiger partial charge in [-0.25, -0.2) is 4.79 Å². The molecule has 0 fully saturated rings. The molecule has 1 amide bonds. The number of hydrogen-bond donors (Lipinski definition) is 1. The number of rotatable bonds is 10. The normalized spacial score (nSPS) is 13.2. The van der Waals surface area contributed by atoms with Gasteiger partial charge in [-0.1, -0.05) is 32.0 Å². The fourth-order valence-corrected chi connectivity index (χ4v) is 3.57. The van der Waals surface area contributed by atoms with Crippen LogP contribution in [0.25, 0.3) is 6.08 Å². The second-order valence-corrected chi connectivity index (χ2v) is 8.07. The van der Waals surface area contributed by atoms with Crippen molar-refractivity contribution < 1.29 is 19.1 Å². The summed E-state index contributed by atoms with van der Waals surface area (Å²) in [5.41, 5.74) is 4.21. The van der Waals surface area contributed by atoms with Crippen molar-refractivity contribution in [1.82, 2.24) is 4.57 Å². The Morgan fingerprint density at radius 2 is 1.94 bits per heavy atom. The summed E-state index contributed by atoms with van der Waals surface area (Å²) >= 11 is 0. The summed E-state index contributed by atoms with van der Waals surface area (Å²) in [6, 6.07) is 11.4. The highest BCUT2D eigenvalue weighted by Crippen LogP contribution is 2.26. The number of benzene rings is 1. The predicted molar refractivity (Wildman–Crippen MR) is 129 cm³/mol. The number of aryl methyl sites for hydroxylation is 1. The average molecular weight is 452 g/mol. The van der Waals surface area contributed by atoms with Gasteiger partial charge in [0.2, 0.25) is 0 Å². The van der Waals surface area contributed by atoms with Crippen molar-refractivity contribution in [2.45, 2.75) is 59.6 Å². The van der Waals surface area contributed by atoms with Crippen LogP contribution in [0.5, 0.6) is 0 Å². The van der Waals surface area contributed by atoms with E-state index in [1.165, 1.54) is 13.0 Å². The number of amides is 1. The summed E-state index contributed by atoms with van der Waals surface area (Å²) in [7, 11) is 1.64. The minimum atomic E-state index is -1.06. The molecule has 0 aliphatic carbocycles. The molecule has 0 aliphatic rings. The Hall–Kier alpha value is -3.37. The zero-order chi connectivity index (χ0) is 24.5. The molecule has 2 aromatic rings. The number of anilines is 1. The van der Waals surface area contributed by atoms with Gasteiger partial charge in [0.25, 0.3) is 5.91 Å². The van der Waals surface area contributed by atoms with Crippen LogP contribution in [0.3, 0.4) is 0 Å². The summed E-state index contributed by atoms with van der Waals surface area (Å²) < 4.78 is 12.5. The summed E-state index contributed by atoms with van der Waals surface area (Å²) in [4.78, 5) is 25.3. The number of para-hydroxylation sites is 1. The molecule has 0 bridgehead atoms. The van der Waals surface area contributed by atoms with E-state index < -0.39 is 18.0 Å². The molecule has 1 aromatic carbocycles. The van der Waals surface area contributed by atoms with E-state index >= 15 is 0 Å². The lowest BCUT2D eigenvalue weighted by Crippen LogP contribution is -2.30. The second-order valence-electron chi connectivity index (χ2n) is 8.07. The maximum absolute atomic E-state index is 12.7. The largest absolute Gasteiger partial charge is 0.448 e. The first-order valence-corrected chi connectivity index (χ1v) is 11.1. The van der Waals surface area contributed by atoms with E-state index in [1.54, 1.807) is 7.11 Å². The van der Waals surface area contributed by atoms with Crippen LogP contribution < -0.4 is 5.32 Å². The highest BCUT2D eigenvalue weighted by molar-refractivity contribution is 6.01. The van der Waals surface area contributed by atoms with Gasteiger partial charge in [-0.15, -0.1) is 0 Å². The molecule has 33 heavy (non-hydrogen) atoms. The van der Waals surface area contributed by atoms with E-state index in [0.29, 0.717) is 18.8 Å². The molecule has 0 saturated carbocycles. The molecule has 2 unspecified atom stereocenters. The van der Waals surface area contributed by atoms with Gasteiger partial charge in [0.05, 0.1) is 6.61 Å². The fourth-order valence-electron chi connectivity index (χ4n) is 3.57. The molecule has 0 spiro atoms. The van der Waals surface area contributed by atoms with Crippen LogP contribution in [0.15, 0.2) is 35.9 Å². The number of esters is 1. The third-order valence-corrected chi connectivity index (χ3v) is 5.79. The van der Waals surface area contributed by atoms with Crippen molar-refractivity contribution in [3.8, 4) is 6.07 Å². The summed E-state index contributed by atoms with van der Waals surface area (Å²) in [6.07, 6.45) is 1.37. The van der Waals surface area contributed by atoms with Crippen LogP contribution in [-0.4, -0.2) is 36.3 Å². The van der Waals surface area contributed by atoms with E-state index in [0.717, 1.165) is 28.9 Å². The van der Waals surface area contributed by atoms with E-state index in [1.807, 2.05) is 50.2 Å². The van der Waals surface area contributed by atoms with Gasteiger partial charge in [0, 0.05) is 30.7 Å². The van der Waals surface area contributed by atoms with Crippen molar-refractivity contribution in [3.63, 3.8) is 0 Å². The zero-order valence-corrected chi connectivity index (χ0v) is 20.3. The molecule has 0 saturated heterocycles.